The lowest BCUT2D eigenvalue weighted by Crippen LogP contribution is -2.28. The van der Waals surface area contributed by atoms with Crippen molar-refractivity contribution in [1.82, 2.24) is 0 Å². The zero-order chi connectivity index (χ0) is 9.14. The number of carboxylic acids is 1. The summed E-state index contributed by atoms with van der Waals surface area (Å²) < 4.78 is 0. The fourth-order valence-corrected chi connectivity index (χ4v) is 1.81. The maximum Gasteiger partial charge on any atom is 0.304 e. The maximum absolute atomic E-state index is 11.3. The molecule has 1 fully saturated rings. The Morgan fingerprint density at radius 1 is 1.67 bits per heavy atom. The molecule has 0 aromatic carbocycles. The van der Waals surface area contributed by atoms with Crippen LogP contribution in [0.15, 0.2) is 0 Å². The molecule has 0 aromatic rings. The lowest BCUT2D eigenvalue weighted by molar-refractivity contribution is -0.142. The number of carboxylic acid groups (broad SMARTS) is 1. The first-order valence-corrected chi connectivity index (χ1v) is 4.35. The second kappa shape index (κ2) is 3.70. The van der Waals surface area contributed by atoms with E-state index < -0.39 is 5.97 Å². The Bertz CT molecular complexity index is 198. The van der Waals surface area contributed by atoms with Gasteiger partial charge in [0, 0.05) is 12.3 Å². The number of ketones is 1. The smallest absolute Gasteiger partial charge is 0.304 e. The molecule has 3 heteroatoms. The second-order valence-corrected chi connectivity index (χ2v) is 3.54. The van der Waals surface area contributed by atoms with Crippen LogP contribution in [0.25, 0.3) is 0 Å². The van der Waals surface area contributed by atoms with Gasteiger partial charge in [-0.3, -0.25) is 9.59 Å². The Morgan fingerprint density at radius 2 is 2.33 bits per heavy atom. The maximum atomic E-state index is 11.3. The summed E-state index contributed by atoms with van der Waals surface area (Å²) in [6, 6.07) is 0. The van der Waals surface area contributed by atoms with Gasteiger partial charge in [0.25, 0.3) is 0 Å². The van der Waals surface area contributed by atoms with Gasteiger partial charge in [0.05, 0.1) is 6.42 Å². The van der Waals surface area contributed by atoms with E-state index >= 15 is 0 Å². The van der Waals surface area contributed by atoms with Crippen molar-refractivity contribution in [3.8, 4) is 0 Å². The Balaban J connectivity index is 2.57. The van der Waals surface area contributed by atoms with Crippen LogP contribution in [0.1, 0.15) is 32.6 Å². The molecule has 1 rings (SSSR count). The van der Waals surface area contributed by atoms with Gasteiger partial charge in [-0.15, -0.1) is 0 Å². The van der Waals surface area contributed by atoms with Crippen molar-refractivity contribution in [1.29, 1.82) is 0 Å². The SMILES string of the molecule is CC1CCCC(=O)C1CC(=O)O. The van der Waals surface area contributed by atoms with Crippen LogP contribution in [0.4, 0.5) is 0 Å². The summed E-state index contributed by atoms with van der Waals surface area (Å²) in [6.07, 6.45) is 2.50. The first-order valence-electron chi connectivity index (χ1n) is 4.35. The second-order valence-electron chi connectivity index (χ2n) is 3.54. The Labute approximate surface area is 71.8 Å². The van der Waals surface area contributed by atoms with Gasteiger partial charge in [0.1, 0.15) is 5.78 Å². The van der Waals surface area contributed by atoms with E-state index in [0.29, 0.717) is 6.42 Å². The number of hydrogen-bond donors (Lipinski definition) is 1. The third-order valence-corrected chi connectivity index (χ3v) is 2.58. The van der Waals surface area contributed by atoms with Gasteiger partial charge < -0.3 is 5.11 Å². The lowest BCUT2D eigenvalue weighted by Gasteiger charge is -2.25. The van der Waals surface area contributed by atoms with Crippen molar-refractivity contribution in [3.63, 3.8) is 0 Å². The minimum atomic E-state index is -0.859. The Morgan fingerprint density at radius 3 is 2.83 bits per heavy atom. The van der Waals surface area contributed by atoms with Crippen LogP contribution in [0.2, 0.25) is 0 Å². The molecule has 2 unspecified atom stereocenters. The molecule has 12 heavy (non-hydrogen) atoms. The molecule has 1 N–H and O–H groups in total. The fraction of sp³-hybridized carbons (Fsp3) is 0.778. The van der Waals surface area contributed by atoms with E-state index in [1.54, 1.807) is 0 Å². The molecule has 0 aromatic heterocycles. The van der Waals surface area contributed by atoms with E-state index in [1.807, 2.05) is 6.92 Å². The summed E-state index contributed by atoms with van der Waals surface area (Å²) >= 11 is 0. The van der Waals surface area contributed by atoms with Crippen molar-refractivity contribution in [2.24, 2.45) is 11.8 Å². The Kier molecular flexibility index (Phi) is 2.84. The monoisotopic (exact) mass is 170 g/mol. The van der Waals surface area contributed by atoms with Crippen LogP contribution >= 0.6 is 0 Å². The third kappa shape index (κ3) is 2.06. The van der Waals surface area contributed by atoms with E-state index in [-0.39, 0.29) is 24.0 Å². The molecule has 0 heterocycles. The third-order valence-electron chi connectivity index (χ3n) is 2.58. The van der Waals surface area contributed by atoms with Crippen molar-refractivity contribution in [3.05, 3.63) is 0 Å². The molecule has 2 atom stereocenters. The Hall–Kier alpha value is -0.860. The van der Waals surface area contributed by atoms with Crippen LogP contribution in [-0.2, 0) is 9.59 Å². The quantitative estimate of drug-likeness (QED) is 0.682. The number of carbonyl (C=O) groups excluding carboxylic acids is 1. The molecule has 0 aliphatic heterocycles. The van der Waals surface area contributed by atoms with Gasteiger partial charge in [0.2, 0.25) is 0 Å². The van der Waals surface area contributed by atoms with Crippen molar-refractivity contribution >= 4 is 11.8 Å². The minimum Gasteiger partial charge on any atom is -0.481 e. The van der Waals surface area contributed by atoms with Crippen LogP contribution < -0.4 is 0 Å². The molecule has 0 radical (unpaired) electrons. The van der Waals surface area contributed by atoms with Crippen LogP contribution in [-0.4, -0.2) is 16.9 Å². The summed E-state index contributed by atoms with van der Waals surface area (Å²) in [6.45, 7) is 1.96. The molecule has 1 saturated carbocycles. The topological polar surface area (TPSA) is 54.4 Å². The molecule has 1 aliphatic rings. The van der Waals surface area contributed by atoms with Gasteiger partial charge in [-0.2, -0.15) is 0 Å². The summed E-state index contributed by atoms with van der Waals surface area (Å²) in [5.74, 6) is -0.697. The van der Waals surface area contributed by atoms with Gasteiger partial charge in [-0.25, -0.2) is 0 Å². The number of rotatable bonds is 2. The van der Waals surface area contributed by atoms with Crippen LogP contribution in [0, 0.1) is 11.8 Å². The summed E-state index contributed by atoms with van der Waals surface area (Å²) in [7, 11) is 0. The highest BCUT2D eigenvalue weighted by Gasteiger charge is 2.30. The molecular weight excluding hydrogens is 156 g/mol. The van der Waals surface area contributed by atoms with Gasteiger partial charge in [0.15, 0.2) is 0 Å². The van der Waals surface area contributed by atoms with Gasteiger partial charge in [-0.1, -0.05) is 6.92 Å². The highest BCUT2D eigenvalue weighted by molar-refractivity contribution is 5.85. The number of carbonyl (C=O) groups is 2. The van der Waals surface area contributed by atoms with E-state index in [4.69, 9.17) is 5.11 Å². The molecule has 0 amide bonds. The van der Waals surface area contributed by atoms with E-state index in [1.165, 1.54) is 0 Å². The highest BCUT2D eigenvalue weighted by atomic mass is 16.4. The van der Waals surface area contributed by atoms with Crippen LogP contribution in [0.3, 0.4) is 0 Å². The molecular formula is C9H14O3. The van der Waals surface area contributed by atoms with Crippen molar-refractivity contribution in [2.45, 2.75) is 32.6 Å². The molecule has 0 spiro atoms. The molecule has 3 nitrogen and oxygen atoms in total. The zero-order valence-corrected chi connectivity index (χ0v) is 7.25. The van der Waals surface area contributed by atoms with E-state index in [9.17, 15) is 9.59 Å². The lowest BCUT2D eigenvalue weighted by atomic mass is 9.78. The number of aliphatic carboxylic acids is 1. The predicted octanol–water partition coefficient (Wildman–Crippen LogP) is 1.47. The summed E-state index contributed by atoms with van der Waals surface area (Å²) in [4.78, 5) is 21.7. The van der Waals surface area contributed by atoms with Gasteiger partial charge >= 0.3 is 5.97 Å². The number of hydrogen-bond acceptors (Lipinski definition) is 2. The van der Waals surface area contributed by atoms with Crippen molar-refractivity contribution in [2.75, 3.05) is 0 Å². The molecule has 0 saturated heterocycles. The minimum absolute atomic E-state index is 0.0139. The first kappa shape index (κ1) is 9.23. The number of Topliss-reactive ketones (excluding diaryl/α,β-unsaturated/α-hetero) is 1. The van der Waals surface area contributed by atoms with Gasteiger partial charge in [-0.05, 0) is 18.8 Å². The fourth-order valence-electron chi connectivity index (χ4n) is 1.81. The predicted molar refractivity (Wildman–Crippen MR) is 43.8 cm³/mol. The standard InChI is InChI=1S/C9H14O3/c1-6-3-2-4-8(10)7(6)5-9(11)12/h6-7H,2-5H2,1H3,(H,11,12). The zero-order valence-electron chi connectivity index (χ0n) is 7.25. The molecule has 1 aliphatic carbocycles. The van der Waals surface area contributed by atoms with E-state index in [2.05, 4.69) is 0 Å². The summed E-state index contributed by atoms with van der Waals surface area (Å²) in [5.41, 5.74) is 0. The average molecular weight is 170 g/mol. The normalized spacial score (nSPS) is 30.2. The van der Waals surface area contributed by atoms with Crippen LogP contribution in [0.5, 0.6) is 0 Å². The van der Waals surface area contributed by atoms with Crippen molar-refractivity contribution < 1.29 is 14.7 Å². The average Bonchev–Trinajstić information content (AvgIpc) is 1.97. The van der Waals surface area contributed by atoms with E-state index in [0.717, 1.165) is 12.8 Å². The molecule has 68 valence electrons. The summed E-state index contributed by atoms with van der Waals surface area (Å²) in [5, 5.41) is 8.55. The highest BCUT2D eigenvalue weighted by Crippen LogP contribution is 2.29. The largest absolute Gasteiger partial charge is 0.481 e. The molecule has 0 bridgehead atoms. The first-order chi connectivity index (χ1) is 5.61.